The molecular formula is C18H19N3O3S. The second-order valence-electron chi connectivity index (χ2n) is 5.69. The molecule has 6 nitrogen and oxygen atoms in total. The molecule has 0 fully saturated rings. The number of likely N-dealkylation sites (N-methyl/N-ethyl adjacent to an activating group) is 1. The minimum absolute atomic E-state index is 0.0357. The third-order valence-corrected chi connectivity index (χ3v) is 5.75. The number of nitrogens with zero attached hydrogens (tertiary/aromatic N) is 2. The first-order valence-electron chi connectivity index (χ1n) is 7.58. The van der Waals surface area contributed by atoms with Crippen LogP contribution in [-0.2, 0) is 14.8 Å². The van der Waals surface area contributed by atoms with Crippen molar-refractivity contribution in [3.05, 3.63) is 59.2 Å². The van der Waals surface area contributed by atoms with E-state index in [1.165, 1.54) is 31.3 Å². The van der Waals surface area contributed by atoms with Crippen molar-refractivity contribution in [3.63, 3.8) is 0 Å². The minimum atomic E-state index is -3.81. The lowest BCUT2D eigenvalue weighted by Gasteiger charge is -2.17. The van der Waals surface area contributed by atoms with E-state index in [4.69, 9.17) is 5.26 Å². The number of rotatable bonds is 5. The third-order valence-electron chi connectivity index (χ3n) is 3.94. The predicted octanol–water partition coefficient (Wildman–Crippen LogP) is 2.43. The lowest BCUT2D eigenvalue weighted by Crippen LogP contribution is -2.35. The first-order valence-corrected chi connectivity index (χ1v) is 9.02. The molecule has 7 heteroatoms. The van der Waals surface area contributed by atoms with Crippen LogP contribution in [0.2, 0.25) is 0 Å². The van der Waals surface area contributed by atoms with Gasteiger partial charge in [-0.15, -0.1) is 0 Å². The van der Waals surface area contributed by atoms with Crippen molar-refractivity contribution in [2.45, 2.75) is 18.7 Å². The number of hydrogen-bond donors (Lipinski definition) is 1. The summed E-state index contributed by atoms with van der Waals surface area (Å²) in [4.78, 5) is 12.2. The zero-order chi connectivity index (χ0) is 18.6. The Hall–Kier alpha value is -2.69. The van der Waals surface area contributed by atoms with Crippen molar-refractivity contribution in [1.29, 1.82) is 5.26 Å². The summed E-state index contributed by atoms with van der Waals surface area (Å²) in [6.07, 6.45) is 0. The molecule has 0 radical (unpaired) electrons. The van der Waals surface area contributed by atoms with Crippen LogP contribution in [0.25, 0.3) is 0 Å². The summed E-state index contributed by atoms with van der Waals surface area (Å²) in [7, 11) is -2.46. The standard InChI is InChI=1S/C18H19N3O3S/c1-13-5-4-6-17(14(13)2)20-18(22)12-21(3)25(23,24)16-9-7-15(11-19)8-10-16/h4-10H,12H2,1-3H3,(H,20,22). The first kappa shape index (κ1) is 18.6. The first-order chi connectivity index (χ1) is 11.8. The van der Waals surface area contributed by atoms with Gasteiger partial charge in [0.25, 0.3) is 0 Å². The van der Waals surface area contributed by atoms with Gasteiger partial charge in [0.2, 0.25) is 15.9 Å². The van der Waals surface area contributed by atoms with Crippen LogP contribution >= 0.6 is 0 Å². The van der Waals surface area contributed by atoms with E-state index in [1.54, 1.807) is 6.07 Å². The number of benzene rings is 2. The average Bonchev–Trinajstić information content (AvgIpc) is 2.59. The van der Waals surface area contributed by atoms with Gasteiger partial charge in [0.15, 0.2) is 0 Å². The van der Waals surface area contributed by atoms with E-state index in [9.17, 15) is 13.2 Å². The summed E-state index contributed by atoms with van der Waals surface area (Å²) in [5.41, 5.74) is 3.01. The molecule has 130 valence electrons. The molecule has 0 heterocycles. The molecule has 2 aromatic rings. The minimum Gasteiger partial charge on any atom is -0.325 e. The number of carbonyl (C=O) groups is 1. The highest BCUT2D eigenvalue weighted by Gasteiger charge is 2.23. The Bertz CT molecular complexity index is 929. The van der Waals surface area contributed by atoms with Gasteiger partial charge in [-0.05, 0) is 55.3 Å². The van der Waals surface area contributed by atoms with Crippen LogP contribution in [0.5, 0.6) is 0 Å². The summed E-state index contributed by atoms with van der Waals surface area (Å²) in [6.45, 7) is 3.52. The maximum absolute atomic E-state index is 12.5. The number of sulfonamides is 1. The van der Waals surface area contributed by atoms with E-state index in [0.717, 1.165) is 15.4 Å². The van der Waals surface area contributed by atoms with Crippen molar-refractivity contribution in [2.24, 2.45) is 0 Å². The summed E-state index contributed by atoms with van der Waals surface area (Å²) >= 11 is 0. The molecule has 1 amide bonds. The zero-order valence-electron chi connectivity index (χ0n) is 14.3. The van der Waals surface area contributed by atoms with Gasteiger partial charge in [0.1, 0.15) is 0 Å². The maximum atomic E-state index is 12.5. The number of aryl methyl sites for hydroxylation is 1. The number of nitriles is 1. The number of carbonyl (C=O) groups excluding carboxylic acids is 1. The van der Waals surface area contributed by atoms with E-state index in [1.807, 2.05) is 32.0 Å². The van der Waals surface area contributed by atoms with Gasteiger partial charge in [0.05, 0.1) is 23.1 Å². The molecule has 0 unspecified atom stereocenters. The van der Waals surface area contributed by atoms with Gasteiger partial charge in [-0.3, -0.25) is 4.79 Å². The van der Waals surface area contributed by atoms with Crippen molar-refractivity contribution < 1.29 is 13.2 Å². The molecule has 0 aliphatic rings. The Morgan fingerprint density at radius 2 is 1.80 bits per heavy atom. The summed E-state index contributed by atoms with van der Waals surface area (Å²) in [6, 6.07) is 13.0. The molecule has 2 rings (SSSR count). The van der Waals surface area contributed by atoms with Gasteiger partial charge >= 0.3 is 0 Å². The highest BCUT2D eigenvalue weighted by molar-refractivity contribution is 7.89. The molecule has 0 atom stereocenters. The van der Waals surface area contributed by atoms with E-state index in [0.29, 0.717) is 11.3 Å². The van der Waals surface area contributed by atoms with Gasteiger partial charge in [-0.1, -0.05) is 12.1 Å². The van der Waals surface area contributed by atoms with Gasteiger partial charge in [-0.25, -0.2) is 8.42 Å². The molecule has 0 spiro atoms. The molecule has 0 bridgehead atoms. The van der Waals surface area contributed by atoms with Crippen LogP contribution in [0, 0.1) is 25.2 Å². The van der Waals surface area contributed by atoms with Crippen LogP contribution < -0.4 is 5.32 Å². The largest absolute Gasteiger partial charge is 0.325 e. The Kier molecular flexibility index (Phi) is 5.57. The van der Waals surface area contributed by atoms with E-state index in [-0.39, 0.29) is 11.4 Å². The molecule has 0 saturated heterocycles. The highest BCUT2D eigenvalue weighted by Crippen LogP contribution is 2.19. The summed E-state index contributed by atoms with van der Waals surface area (Å²) in [5.74, 6) is -0.423. The van der Waals surface area contributed by atoms with Crippen LogP contribution in [0.15, 0.2) is 47.4 Å². The molecule has 0 aromatic heterocycles. The summed E-state index contributed by atoms with van der Waals surface area (Å²) < 4.78 is 26.0. The van der Waals surface area contributed by atoms with E-state index >= 15 is 0 Å². The molecule has 1 N–H and O–H groups in total. The second kappa shape index (κ2) is 7.47. The van der Waals surface area contributed by atoms with Crippen molar-refractivity contribution in [3.8, 4) is 6.07 Å². The van der Waals surface area contributed by atoms with Crippen LogP contribution in [0.3, 0.4) is 0 Å². The molecule has 0 aliphatic heterocycles. The fourth-order valence-electron chi connectivity index (χ4n) is 2.24. The van der Waals surface area contributed by atoms with E-state index in [2.05, 4.69) is 5.32 Å². The van der Waals surface area contributed by atoms with Crippen LogP contribution in [0.4, 0.5) is 5.69 Å². The fourth-order valence-corrected chi connectivity index (χ4v) is 3.37. The van der Waals surface area contributed by atoms with Gasteiger partial charge < -0.3 is 5.32 Å². The van der Waals surface area contributed by atoms with Crippen LogP contribution in [-0.4, -0.2) is 32.2 Å². The molecule has 25 heavy (non-hydrogen) atoms. The Morgan fingerprint density at radius 1 is 1.16 bits per heavy atom. The summed E-state index contributed by atoms with van der Waals surface area (Å²) in [5, 5.41) is 11.5. The zero-order valence-corrected chi connectivity index (χ0v) is 15.1. The Balaban J connectivity index is 2.11. The van der Waals surface area contributed by atoms with Crippen molar-refractivity contribution >= 4 is 21.6 Å². The molecular weight excluding hydrogens is 338 g/mol. The fraction of sp³-hybridized carbons (Fsp3) is 0.222. The van der Waals surface area contributed by atoms with Gasteiger partial charge in [0, 0.05) is 12.7 Å². The smallest absolute Gasteiger partial charge is 0.243 e. The average molecular weight is 357 g/mol. The SMILES string of the molecule is Cc1cccc(NC(=O)CN(C)S(=O)(=O)c2ccc(C#N)cc2)c1C. The third kappa shape index (κ3) is 4.24. The second-order valence-corrected chi connectivity index (χ2v) is 7.74. The van der Waals surface area contributed by atoms with Crippen molar-refractivity contribution in [2.75, 3.05) is 18.9 Å². The van der Waals surface area contributed by atoms with Gasteiger partial charge in [-0.2, -0.15) is 9.57 Å². The van der Waals surface area contributed by atoms with Crippen molar-refractivity contribution in [1.82, 2.24) is 4.31 Å². The van der Waals surface area contributed by atoms with E-state index < -0.39 is 15.9 Å². The predicted molar refractivity (Wildman–Crippen MR) is 95.5 cm³/mol. The monoisotopic (exact) mass is 357 g/mol. The molecule has 0 saturated carbocycles. The molecule has 0 aliphatic carbocycles. The topological polar surface area (TPSA) is 90.3 Å². The lowest BCUT2D eigenvalue weighted by molar-refractivity contribution is -0.116. The number of nitrogens with one attached hydrogen (secondary N) is 1. The Labute approximate surface area is 147 Å². The lowest BCUT2D eigenvalue weighted by atomic mass is 10.1. The molecule has 2 aromatic carbocycles. The number of anilines is 1. The Morgan fingerprint density at radius 3 is 2.40 bits per heavy atom. The van der Waals surface area contributed by atoms with Crippen LogP contribution in [0.1, 0.15) is 16.7 Å². The normalized spacial score (nSPS) is 11.2. The highest BCUT2D eigenvalue weighted by atomic mass is 32.2. The number of hydrogen-bond acceptors (Lipinski definition) is 4. The maximum Gasteiger partial charge on any atom is 0.243 e. The number of amides is 1. The quantitative estimate of drug-likeness (QED) is 0.890.